The van der Waals surface area contributed by atoms with Gasteiger partial charge in [0, 0.05) is 20.6 Å². The van der Waals surface area contributed by atoms with Crippen molar-refractivity contribution in [3.63, 3.8) is 0 Å². The first-order valence-corrected chi connectivity index (χ1v) is 2.76. The van der Waals surface area contributed by atoms with Gasteiger partial charge in [-0.15, -0.1) is 12.4 Å². The minimum atomic E-state index is 0. The molecule has 0 saturated heterocycles. The van der Waals surface area contributed by atoms with Gasteiger partial charge in [-0.3, -0.25) is 4.99 Å². The first kappa shape index (κ1) is 12.2. The van der Waals surface area contributed by atoms with E-state index in [1.54, 1.807) is 19.0 Å². The lowest BCUT2D eigenvalue weighted by Gasteiger charge is -2.14. The Morgan fingerprint density at radius 1 is 1.70 bits per heavy atom. The molecule has 5 heteroatoms. The highest BCUT2D eigenvalue weighted by atomic mass is 35.5. The summed E-state index contributed by atoms with van der Waals surface area (Å²) in [6, 6.07) is 0. The van der Waals surface area contributed by atoms with Gasteiger partial charge < -0.3 is 15.7 Å². The molecule has 0 atom stereocenters. The molecule has 3 N–H and O–H groups in total. The SMILES string of the molecule is CN=C(N)N(C)CCO.Cl. The third-order valence-corrected chi connectivity index (χ3v) is 1.06. The van der Waals surface area contributed by atoms with Crippen molar-refractivity contribution in [2.75, 3.05) is 27.2 Å². The highest BCUT2D eigenvalue weighted by Crippen LogP contribution is 1.77. The van der Waals surface area contributed by atoms with E-state index in [0.29, 0.717) is 12.5 Å². The summed E-state index contributed by atoms with van der Waals surface area (Å²) in [6.07, 6.45) is 0. The minimum Gasteiger partial charge on any atom is -0.395 e. The van der Waals surface area contributed by atoms with Crippen molar-refractivity contribution in [2.45, 2.75) is 0 Å². The number of aliphatic hydroxyl groups excluding tert-OH is 1. The maximum atomic E-state index is 8.43. The third-order valence-electron chi connectivity index (χ3n) is 1.06. The number of guanidine groups is 1. The Hall–Kier alpha value is -0.480. The highest BCUT2D eigenvalue weighted by Gasteiger charge is 1.96. The van der Waals surface area contributed by atoms with E-state index in [4.69, 9.17) is 10.8 Å². The molecule has 0 fully saturated rings. The molecule has 0 aromatic heterocycles. The topological polar surface area (TPSA) is 61.8 Å². The number of aliphatic imine (C=N–C) groups is 1. The van der Waals surface area contributed by atoms with Gasteiger partial charge in [0.1, 0.15) is 0 Å². The summed E-state index contributed by atoms with van der Waals surface area (Å²) >= 11 is 0. The summed E-state index contributed by atoms with van der Waals surface area (Å²) in [5, 5.41) is 8.43. The Labute approximate surface area is 67.1 Å². The van der Waals surface area contributed by atoms with Crippen molar-refractivity contribution in [1.82, 2.24) is 4.90 Å². The Morgan fingerprint density at radius 2 is 2.20 bits per heavy atom. The molecule has 0 aromatic carbocycles. The lowest BCUT2D eigenvalue weighted by atomic mass is 10.6. The van der Waals surface area contributed by atoms with Gasteiger partial charge in [-0.05, 0) is 0 Å². The van der Waals surface area contributed by atoms with Crippen LogP contribution in [0.3, 0.4) is 0 Å². The first-order valence-electron chi connectivity index (χ1n) is 2.76. The van der Waals surface area contributed by atoms with Crippen molar-refractivity contribution in [3.8, 4) is 0 Å². The Balaban J connectivity index is 0. The van der Waals surface area contributed by atoms with Gasteiger partial charge >= 0.3 is 0 Å². The lowest BCUT2D eigenvalue weighted by molar-refractivity contribution is 0.263. The summed E-state index contributed by atoms with van der Waals surface area (Å²) in [5.41, 5.74) is 5.37. The third kappa shape index (κ3) is 4.40. The number of nitrogens with zero attached hydrogens (tertiary/aromatic N) is 2. The molecular weight excluding hydrogens is 154 g/mol. The van der Waals surface area contributed by atoms with Crippen LogP contribution in [0.15, 0.2) is 4.99 Å². The summed E-state index contributed by atoms with van der Waals surface area (Å²) in [5.74, 6) is 0.448. The van der Waals surface area contributed by atoms with Crippen LogP contribution in [0.1, 0.15) is 0 Å². The van der Waals surface area contributed by atoms with Crippen LogP contribution in [0, 0.1) is 0 Å². The lowest BCUT2D eigenvalue weighted by Crippen LogP contribution is -2.35. The number of rotatable bonds is 2. The van der Waals surface area contributed by atoms with E-state index >= 15 is 0 Å². The quantitative estimate of drug-likeness (QED) is 0.422. The number of likely N-dealkylation sites (N-methyl/N-ethyl adjacent to an activating group) is 1. The average molecular weight is 168 g/mol. The van der Waals surface area contributed by atoms with E-state index in [1.165, 1.54) is 0 Å². The number of halogens is 1. The zero-order valence-corrected chi connectivity index (χ0v) is 7.06. The molecule has 0 aromatic rings. The Bertz CT molecular complexity index is 107. The van der Waals surface area contributed by atoms with Gasteiger partial charge in [-0.2, -0.15) is 0 Å². The normalized spacial score (nSPS) is 10.5. The van der Waals surface area contributed by atoms with Crippen LogP contribution < -0.4 is 5.73 Å². The van der Waals surface area contributed by atoms with Crippen molar-refractivity contribution >= 4 is 18.4 Å². The largest absolute Gasteiger partial charge is 0.395 e. The fourth-order valence-corrected chi connectivity index (χ4v) is 0.435. The van der Waals surface area contributed by atoms with Gasteiger partial charge in [0.05, 0.1) is 6.61 Å². The molecule has 0 aliphatic rings. The molecule has 0 spiro atoms. The molecule has 0 amide bonds. The van der Waals surface area contributed by atoms with Crippen LogP contribution in [0.25, 0.3) is 0 Å². The molecule has 0 aliphatic carbocycles. The highest BCUT2D eigenvalue weighted by molar-refractivity contribution is 5.85. The van der Waals surface area contributed by atoms with Crippen LogP contribution in [0.4, 0.5) is 0 Å². The summed E-state index contributed by atoms with van der Waals surface area (Å²) in [7, 11) is 3.39. The van der Waals surface area contributed by atoms with Gasteiger partial charge in [0.25, 0.3) is 0 Å². The molecule has 0 heterocycles. The fraction of sp³-hybridized carbons (Fsp3) is 0.800. The number of hydrogen-bond donors (Lipinski definition) is 2. The number of nitrogens with two attached hydrogens (primary N) is 1. The molecule has 62 valence electrons. The average Bonchev–Trinajstić information content (AvgIpc) is 1.87. The fourth-order valence-electron chi connectivity index (χ4n) is 0.435. The second-order valence-electron chi connectivity index (χ2n) is 1.73. The van der Waals surface area contributed by atoms with E-state index in [2.05, 4.69) is 4.99 Å². The molecule has 0 aliphatic heterocycles. The van der Waals surface area contributed by atoms with Crippen LogP contribution in [-0.2, 0) is 0 Å². The van der Waals surface area contributed by atoms with Crippen LogP contribution in [-0.4, -0.2) is 43.2 Å². The minimum absolute atomic E-state index is 0. The van der Waals surface area contributed by atoms with Crippen molar-refractivity contribution < 1.29 is 5.11 Å². The van der Waals surface area contributed by atoms with Crippen LogP contribution >= 0.6 is 12.4 Å². The standard InChI is InChI=1S/C5H13N3O.ClH/c1-7-5(6)8(2)3-4-9;/h9H,3-4H2,1-2H3,(H2,6,7);1H. The van der Waals surface area contributed by atoms with E-state index in [1.807, 2.05) is 0 Å². The first-order chi connectivity index (χ1) is 4.22. The van der Waals surface area contributed by atoms with Crippen molar-refractivity contribution in [3.05, 3.63) is 0 Å². The monoisotopic (exact) mass is 167 g/mol. The van der Waals surface area contributed by atoms with Gasteiger partial charge in [-0.25, -0.2) is 0 Å². The molecule has 0 bridgehead atoms. The summed E-state index contributed by atoms with van der Waals surface area (Å²) in [6.45, 7) is 0.635. The molecule has 10 heavy (non-hydrogen) atoms. The second-order valence-corrected chi connectivity index (χ2v) is 1.73. The Morgan fingerprint density at radius 3 is 2.50 bits per heavy atom. The van der Waals surface area contributed by atoms with Gasteiger partial charge in [0.2, 0.25) is 0 Å². The molecule has 0 unspecified atom stereocenters. The molecule has 0 saturated carbocycles. The number of aliphatic hydroxyl groups is 1. The van der Waals surface area contributed by atoms with E-state index < -0.39 is 0 Å². The molecular formula is C5H14ClN3O. The second kappa shape index (κ2) is 6.64. The van der Waals surface area contributed by atoms with Crippen LogP contribution in [0.5, 0.6) is 0 Å². The summed E-state index contributed by atoms with van der Waals surface area (Å²) < 4.78 is 0. The van der Waals surface area contributed by atoms with Gasteiger partial charge in [0.15, 0.2) is 5.96 Å². The maximum absolute atomic E-state index is 8.43. The summed E-state index contributed by atoms with van der Waals surface area (Å²) in [4.78, 5) is 5.40. The predicted molar refractivity (Wildman–Crippen MR) is 44.5 cm³/mol. The maximum Gasteiger partial charge on any atom is 0.190 e. The zero-order valence-electron chi connectivity index (χ0n) is 6.24. The Kier molecular flexibility index (Phi) is 8.11. The smallest absolute Gasteiger partial charge is 0.190 e. The molecule has 0 rings (SSSR count). The van der Waals surface area contributed by atoms with Crippen molar-refractivity contribution in [1.29, 1.82) is 0 Å². The molecule has 0 radical (unpaired) electrons. The van der Waals surface area contributed by atoms with Gasteiger partial charge in [-0.1, -0.05) is 0 Å². The van der Waals surface area contributed by atoms with E-state index in [-0.39, 0.29) is 19.0 Å². The zero-order chi connectivity index (χ0) is 7.28. The van der Waals surface area contributed by atoms with Crippen molar-refractivity contribution in [2.24, 2.45) is 10.7 Å². The predicted octanol–water partition coefficient (Wildman–Crippen LogP) is -0.723. The van der Waals surface area contributed by atoms with E-state index in [9.17, 15) is 0 Å². The number of hydrogen-bond acceptors (Lipinski definition) is 2. The van der Waals surface area contributed by atoms with E-state index in [0.717, 1.165) is 0 Å². The molecule has 4 nitrogen and oxygen atoms in total. The van der Waals surface area contributed by atoms with Crippen LogP contribution in [0.2, 0.25) is 0 Å².